The number of carbonyl (C=O) groups excluding carboxylic acids is 2. The number of nitrogens with one attached hydrogen (secondary N) is 1. The molecule has 0 unspecified atom stereocenters. The van der Waals surface area contributed by atoms with Crippen LogP contribution in [0.15, 0.2) is 34.2 Å². The van der Waals surface area contributed by atoms with Crippen molar-refractivity contribution in [3.8, 4) is 0 Å². The van der Waals surface area contributed by atoms with Crippen molar-refractivity contribution in [2.75, 3.05) is 18.8 Å². The van der Waals surface area contributed by atoms with Crippen LogP contribution in [-0.4, -0.2) is 45.2 Å². The third-order valence-corrected chi connectivity index (χ3v) is 5.01. The summed E-state index contributed by atoms with van der Waals surface area (Å²) in [7, 11) is 0. The van der Waals surface area contributed by atoms with Gasteiger partial charge in [0.2, 0.25) is 5.91 Å². The molecule has 132 valence electrons. The normalized spacial score (nSPS) is 14.1. The van der Waals surface area contributed by atoms with Gasteiger partial charge in [-0.15, -0.1) is 0 Å². The Bertz CT molecular complexity index is 865. The highest BCUT2D eigenvalue weighted by molar-refractivity contribution is 7.99. The topological polar surface area (TPSA) is 84.3 Å². The SMILES string of the molecule is CCCCn1c(SCC(=O)N2CCNC2=O)nc2ccccc2c1=O. The van der Waals surface area contributed by atoms with E-state index in [1.807, 2.05) is 12.1 Å². The van der Waals surface area contributed by atoms with Gasteiger partial charge in [-0.3, -0.25) is 19.1 Å². The number of hydrogen-bond donors (Lipinski definition) is 1. The fourth-order valence-corrected chi connectivity index (χ4v) is 3.59. The van der Waals surface area contributed by atoms with Crippen LogP contribution < -0.4 is 10.9 Å². The van der Waals surface area contributed by atoms with Gasteiger partial charge in [-0.1, -0.05) is 37.2 Å². The number of unbranched alkanes of at least 4 members (excludes halogenated alkanes) is 1. The molecule has 0 spiro atoms. The van der Waals surface area contributed by atoms with E-state index >= 15 is 0 Å². The minimum Gasteiger partial charge on any atom is -0.336 e. The van der Waals surface area contributed by atoms with Crippen LogP contribution in [0.3, 0.4) is 0 Å². The van der Waals surface area contributed by atoms with Gasteiger partial charge < -0.3 is 5.32 Å². The summed E-state index contributed by atoms with van der Waals surface area (Å²) >= 11 is 1.20. The summed E-state index contributed by atoms with van der Waals surface area (Å²) in [6.07, 6.45) is 1.81. The average molecular weight is 360 g/mol. The van der Waals surface area contributed by atoms with Gasteiger partial charge in [0.25, 0.3) is 5.56 Å². The molecule has 2 heterocycles. The Kier molecular flexibility index (Phi) is 5.37. The number of benzene rings is 1. The van der Waals surface area contributed by atoms with E-state index < -0.39 is 0 Å². The zero-order valence-electron chi connectivity index (χ0n) is 14.0. The molecule has 0 bridgehead atoms. The number of amides is 3. The molecule has 7 nitrogen and oxygen atoms in total. The molecule has 2 aromatic rings. The van der Waals surface area contributed by atoms with Crippen LogP contribution in [0.25, 0.3) is 10.9 Å². The van der Waals surface area contributed by atoms with Gasteiger partial charge in [-0.05, 0) is 18.6 Å². The molecule has 0 saturated carbocycles. The molecule has 0 radical (unpaired) electrons. The van der Waals surface area contributed by atoms with Crippen LogP contribution in [0, 0.1) is 0 Å². The summed E-state index contributed by atoms with van der Waals surface area (Å²) in [5.41, 5.74) is 0.530. The van der Waals surface area contributed by atoms with E-state index in [2.05, 4.69) is 17.2 Å². The van der Waals surface area contributed by atoms with Gasteiger partial charge in [-0.25, -0.2) is 9.78 Å². The monoisotopic (exact) mass is 360 g/mol. The Morgan fingerprint density at radius 1 is 1.32 bits per heavy atom. The number of aromatic nitrogens is 2. The Hall–Kier alpha value is -2.35. The van der Waals surface area contributed by atoms with Crippen molar-refractivity contribution in [2.24, 2.45) is 0 Å². The summed E-state index contributed by atoms with van der Waals surface area (Å²) in [4.78, 5) is 42.3. The lowest BCUT2D eigenvalue weighted by atomic mass is 10.2. The van der Waals surface area contributed by atoms with Crippen molar-refractivity contribution < 1.29 is 9.59 Å². The first-order valence-corrected chi connectivity index (χ1v) is 9.31. The fraction of sp³-hybridized carbons (Fsp3) is 0.412. The van der Waals surface area contributed by atoms with Gasteiger partial charge >= 0.3 is 6.03 Å². The third kappa shape index (κ3) is 3.68. The van der Waals surface area contributed by atoms with E-state index in [4.69, 9.17) is 0 Å². The van der Waals surface area contributed by atoms with Gasteiger partial charge in [0, 0.05) is 19.6 Å². The minimum absolute atomic E-state index is 0.0737. The Balaban J connectivity index is 1.87. The minimum atomic E-state index is -0.361. The molecule has 1 aliphatic heterocycles. The molecule has 0 aliphatic carbocycles. The van der Waals surface area contributed by atoms with Crippen LogP contribution in [0.4, 0.5) is 4.79 Å². The molecule has 3 rings (SSSR count). The van der Waals surface area contributed by atoms with Crippen LogP contribution in [0.1, 0.15) is 19.8 Å². The van der Waals surface area contributed by atoms with E-state index in [0.717, 1.165) is 12.8 Å². The molecule has 8 heteroatoms. The number of carbonyl (C=O) groups is 2. The van der Waals surface area contributed by atoms with Crippen molar-refractivity contribution in [3.05, 3.63) is 34.6 Å². The number of fused-ring (bicyclic) bond motifs is 1. The molecule has 1 saturated heterocycles. The number of hydrogen-bond acceptors (Lipinski definition) is 5. The third-order valence-electron chi connectivity index (χ3n) is 4.04. The van der Waals surface area contributed by atoms with Gasteiger partial charge in [0.05, 0.1) is 16.7 Å². The number of imide groups is 1. The molecule has 1 aromatic heterocycles. The van der Waals surface area contributed by atoms with Crippen LogP contribution in [0.2, 0.25) is 0 Å². The Morgan fingerprint density at radius 3 is 2.84 bits per heavy atom. The second-order valence-electron chi connectivity index (χ2n) is 5.79. The second-order valence-corrected chi connectivity index (χ2v) is 6.73. The summed E-state index contributed by atoms with van der Waals surface area (Å²) in [6.45, 7) is 3.48. The number of para-hydroxylation sites is 1. The Morgan fingerprint density at radius 2 is 2.12 bits per heavy atom. The molecule has 1 aromatic carbocycles. The molecule has 1 aliphatic rings. The van der Waals surface area contributed by atoms with E-state index in [9.17, 15) is 14.4 Å². The first-order valence-electron chi connectivity index (χ1n) is 8.32. The lowest BCUT2D eigenvalue weighted by molar-refractivity contribution is -0.124. The van der Waals surface area contributed by atoms with E-state index in [-0.39, 0.29) is 23.3 Å². The highest BCUT2D eigenvalue weighted by atomic mass is 32.2. The van der Waals surface area contributed by atoms with E-state index in [1.54, 1.807) is 16.7 Å². The summed E-state index contributed by atoms with van der Waals surface area (Å²) in [5.74, 6) is -0.200. The van der Waals surface area contributed by atoms with Crippen LogP contribution >= 0.6 is 11.8 Å². The lowest BCUT2D eigenvalue weighted by Crippen LogP contribution is -2.35. The smallest absolute Gasteiger partial charge is 0.324 e. The number of nitrogens with zero attached hydrogens (tertiary/aromatic N) is 3. The molecular weight excluding hydrogens is 340 g/mol. The van der Waals surface area contributed by atoms with Crippen molar-refractivity contribution in [1.29, 1.82) is 0 Å². The fourth-order valence-electron chi connectivity index (χ4n) is 2.69. The number of thioether (sulfide) groups is 1. The number of urea groups is 1. The van der Waals surface area contributed by atoms with Crippen LogP contribution in [0.5, 0.6) is 0 Å². The zero-order chi connectivity index (χ0) is 17.8. The van der Waals surface area contributed by atoms with Crippen LogP contribution in [-0.2, 0) is 11.3 Å². The first kappa shape index (κ1) is 17.5. The average Bonchev–Trinajstić information content (AvgIpc) is 3.05. The lowest BCUT2D eigenvalue weighted by Gasteiger charge is -2.14. The van der Waals surface area contributed by atoms with E-state index in [0.29, 0.717) is 35.7 Å². The molecule has 25 heavy (non-hydrogen) atoms. The highest BCUT2D eigenvalue weighted by Gasteiger charge is 2.26. The molecule has 3 amide bonds. The predicted molar refractivity (Wildman–Crippen MR) is 96.7 cm³/mol. The largest absolute Gasteiger partial charge is 0.336 e. The maximum Gasteiger partial charge on any atom is 0.324 e. The Labute approximate surface area is 149 Å². The maximum atomic E-state index is 12.8. The van der Waals surface area contributed by atoms with Gasteiger partial charge in [-0.2, -0.15) is 0 Å². The maximum absolute atomic E-state index is 12.8. The first-order chi connectivity index (χ1) is 12.1. The second kappa shape index (κ2) is 7.69. The highest BCUT2D eigenvalue weighted by Crippen LogP contribution is 2.19. The van der Waals surface area contributed by atoms with Crippen molar-refractivity contribution in [3.63, 3.8) is 0 Å². The molecule has 0 atom stereocenters. The molecular formula is C17H20N4O3S. The molecule has 1 fully saturated rings. The number of rotatable bonds is 6. The standard InChI is InChI=1S/C17H20N4O3S/c1-2-3-9-21-15(23)12-6-4-5-7-13(12)19-17(21)25-11-14(22)20-10-8-18-16(20)24/h4-7H,2-3,8-11H2,1H3,(H,18,24). The van der Waals surface area contributed by atoms with Gasteiger partial charge in [0.15, 0.2) is 5.16 Å². The quantitative estimate of drug-likeness (QED) is 0.628. The summed E-state index contributed by atoms with van der Waals surface area (Å²) < 4.78 is 1.63. The zero-order valence-corrected chi connectivity index (χ0v) is 14.8. The van der Waals surface area contributed by atoms with Gasteiger partial charge in [0.1, 0.15) is 0 Å². The summed E-state index contributed by atoms with van der Waals surface area (Å²) in [6, 6.07) is 6.85. The summed E-state index contributed by atoms with van der Waals surface area (Å²) in [5, 5.41) is 3.70. The van der Waals surface area contributed by atoms with Crippen molar-refractivity contribution >= 4 is 34.6 Å². The van der Waals surface area contributed by atoms with Crippen molar-refractivity contribution in [1.82, 2.24) is 19.8 Å². The molecule has 1 N–H and O–H groups in total. The van der Waals surface area contributed by atoms with E-state index in [1.165, 1.54) is 16.7 Å². The predicted octanol–water partition coefficient (Wildman–Crippen LogP) is 1.84. The van der Waals surface area contributed by atoms with Crippen molar-refractivity contribution in [2.45, 2.75) is 31.5 Å².